The van der Waals surface area contributed by atoms with Gasteiger partial charge in [-0.05, 0) is 37.6 Å². The Morgan fingerprint density at radius 1 is 1.14 bits per heavy atom. The number of thiophene rings is 1. The van der Waals surface area contributed by atoms with Gasteiger partial charge in [0.1, 0.15) is 0 Å². The van der Waals surface area contributed by atoms with E-state index in [9.17, 15) is 0 Å². The van der Waals surface area contributed by atoms with E-state index in [0.29, 0.717) is 11.9 Å². The van der Waals surface area contributed by atoms with Crippen LogP contribution in [0.15, 0.2) is 16.8 Å². The molecule has 2 aromatic rings. The van der Waals surface area contributed by atoms with E-state index in [1.807, 2.05) is 23.8 Å². The minimum Gasteiger partial charge on any atom is -0.354 e. The number of hydrogen-bond acceptors (Lipinski definition) is 7. The maximum Gasteiger partial charge on any atom is 0.233 e. The van der Waals surface area contributed by atoms with Crippen LogP contribution < -0.4 is 15.5 Å². The van der Waals surface area contributed by atoms with Crippen molar-refractivity contribution in [2.45, 2.75) is 26.2 Å². The van der Waals surface area contributed by atoms with Gasteiger partial charge < -0.3 is 15.5 Å². The SMILES string of the molecule is CCNc1nc(Nc2ccsc2)nc(N2CCCCC2)n1. The first-order valence-corrected chi connectivity index (χ1v) is 8.33. The first kappa shape index (κ1) is 14.1. The van der Waals surface area contributed by atoms with E-state index >= 15 is 0 Å². The van der Waals surface area contributed by atoms with Gasteiger partial charge in [-0.25, -0.2) is 0 Å². The minimum atomic E-state index is 0.597. The smallest absolute Gasteiger partial charge is 0.233 e. The lowest BCUT2D eigenvalue weighted by Crippen LogP contribution is -2.31. The summed E-state index contributed by atoms with van der Waals surface area (Å²) >= 11 is 1.65. The Morgan fingerprint density at radius 3 is 2.67 bits per heavy atom. The first-order chi connectivity index (χ1) is 10.3. The van der Waals surface area contributed by atoms with Crippen LogP contribution in [0.25, 0.3) is 0 Å². The topological polar surface area (TPSA) is 66.0 Å². The molecule has 0 unspecified atom stereocenters. The molecule has 0 aliphatic carbocycles. The normalized spacial score (nSPS) is 15.0. The summed E-state index contributed by atoms with van der Waals surface area (Å²) in [5.41, 5.74) is 1.01. The molecular weight excluding hydrogens is 284 g/mol. The molecule has 1 aliphatic heterocycles. The second-order valence-electron chi connectivity index (χ2n) is 5.00. The van der Waals surface area contributed by atoms with E-state index in [2.05, 4.69) is 30.5 Å². The van der Waals surface area contributed by atoms with Gasteiger partial charge in [-0.2, -0.15) is 26.3 Å². The van der Waals surface area contributed by atoms with Crippen molar-refractivity contribution >= 4 is 34.9 Å². The molecule has 2 aromatic heterocycles. The number of hydrogen-bond donors (Lipinski definition) is 2. The van der Waals surface area contributed by atoms with Gasteiger partial charge in [0.2, 0.25) is 17.8 Å². The molecule has 1 fully saturated rings. The molecule has 112 valence electrons. The predicted molar refractivity (Wildman–Crippen MR) is 87.7 cm³/mol. The highest BCUT2D eigenvalue weighted by molar-refractivity contribution is 7.08. The average Bonchev–Trinajstić information content (AvgIpc) is 3.01. The lowest BCUT2D eigenvalue weighted by atomic mass is 10.1. The van der Waals surface area contributed by atoms with E-state index in [1.165, 1.54) is 19.3 Å². The highest BCUT2D eigenvalue weighted by Gasteiger charge is 2.16. The molecule has 2 N–H and O–H groups in total. The van der Waals surface area contributed by atoms with Gasteiger partial charge in [-0.15, -0.1) is 0 Å². The molecule has 3 heterocycles. The van der Waals surface area contributed by atoms with Crippen molar-refractivity contribution in [2.75, 3.05) is 35.2 Å². The van der Waals surface area contributed by atoms with Crippen molar-refractivity contribution in [2.24, 2.45) is 0 Å². The minimum absolute atomic E-state index is 0.597. The number of nitrogens with one attached hydrogen (secondary N) is 2. The molecule has 1 saturated heterocycles. The summed E-state index contributed by atoms with van der Waals surface area (Å²) in [7, 11) is 0. The van der Waals surface area contributed by atoms with Crippen molar-refractivity contribution < 1.29 is 0 Å². The summed E-state index contributed by atoms with van der Waals surface area (Å²) in [6.07, 6.45) is 3.70. The van der Waals surface area contributed by atoms with Crippen LogP contribution >= 0.6 is 11.3 Å². The lowest BCUT2D eigenvalue weighted by Gasteiger charge is -2.27. The van der Waals surface area contributed by atoms with Crippen molar-refractivity contribution in [1.82, 2.24) is 15.0 Å². The van der Waals surface area contributed by atoms with Gasteiger partial charge in [0.05, 0.1) is 5.69 Å². The van der Waals surface area contributed by atoms with Gasteiger partial charge in [-0.1, -0.05) is 0 Å². The molecule has 0 saturated carbocycles. The molecule has 0 atom stereocenters. The summed E-state index contributed by atoms with van der Waals surface area (Å²) in [5, 5.41) is 10.5. The summed E-state index contributed by atoms with van der Waals surface area (Å²) in [6.45, 7) is 4.87. The van der Waals surface area contributed by atoms with E-state index in [4.69, 9.17) is 0 Å². The molecule has 1 aliphatic rings. The monoisotopic (exact) mass is 304 g/mol. The van der Waals surface area contributed by atoms with Crippen molar-refractivity contribution in [3.8, 4) is 0 Å². The van der Waals surface area contributed by atoms with Gasteiger partial charge in [0.25, 0.3) is 0 Å². The number of piperidine rings is 1. The van der Waals surface area contributed by atoms with Gasteiger partial charge >= 0.3 is 0 Å². The third kappa shape index (κ3) is 3.60. The molecule has 0 aromatic carbocycles. The fourth-order valence-electron chi connectivity index (χ4n) is 2.36. The van der Waals surface area contributed by atoms with Crippen LogP contribution in [0.3, 0.4) is 0 Å². The molecule has 7 heteroatoms. The Labute approximate surface area is 128 Å². The molecule has 0 spiro atoms. The first-order valence-electron chi connectivity index (χ1n) is 7.39. The van der Waals surface area contributed by atoms with Crippen molar-refractivity contribution in [3.05, 3.63) is 16.8 Å². The van der Waals surface area contributed by atoms with Crippen molar-refractivity contribution in [3.63, 3.8) is 0 Å². The Bertz CT molecular complexity index is 565. The van der Waals surface area contributed by atoms with Crippen molar-refractivity contribution in [1.29, 1.82) is 0 Å². The van der Waals surface area contributed by atoms with Crippen LogP contribution in [-0.4, -0.2) is 34.6 Å². The number of aromatic nitrogens is 3. The lowest BCUT2D eigenvalue weighted by molar-refractivity contribution is 0.568. The fourth-order valence-corrected chi connectivity index (χ4v) is 2.95. The van der Waals surface area contributed by atoms with Crippen LogP contribution in [0.2, 0.25) is 0 Å². The number of anilines is 4. The largest absolute Gasteiger partial charge is 0.354 e. The fraction of sp³-hybridized carbons (Fsp3) is 0.500. The van der Waals surface area contributed by atoms with E-state index in [-0.39, 0.29) is 0 Å². The second-order valence-corrected chi connectivity index (χ2v) is 5.78. The highest BCUT2D eigenvalue weighted by Crippen LogP contribution is 2.21. The molecule has 0 amide bonds. The maximum atomic E-state index is 4.57. The summed E-state index contributed by atoms with van der Waals surface area (Å²) in [5.74, 6) is 1.99. The standard InChI is InChI=1S/C14H20N6S/c1-2-15-12-17-13(16-11-6-9-21-10-11)19-14(18-12)20-7-4-3-5-8-20/h6,9-10H,2-5,7-8H2,1H3,(H2,15,16,17,18,19). The predicted octanol–water partition coefficient (Wildman–Crippen LogP) is 3.10. The zero-order valence-electron chi connectivity index (χ0n) is 12.2. The van der Waals surface area contributed by atoms with Gasteiger partial charge in [0, 0.05) is 25.0 Å². The van der Waals surface area contributed by atoms with Crippen LogP contribution in [0.4, 0.5) is 23.5 Å². The Morgan fingerprint density at radius 2 is 1.95 bits per heavy atom. The third-order valence-corrected chi connectivity index (χ3v) is 4.06. The zero-order valence-corrected chi connectivity index (χ0v) is 13.0. The molecule has 3 rings (SSSR count). The molecule has 0 radical (unpaired) electrons. The molecule has 6 nitrogen and oxygen atoms in total. The van der Waals surface area contributed by atoms with Gasteiger partial charge in [0.15, 0.2) is 0 Å². The van der Waals surface area contributed by atoms with Crippen LogP contribution in [0, 0.1) is 0 Å². The Hall–Kier alpha value is -1.89. The molecule has 0 bridgehead atoms. The highest BCUT2D eigenvalue weighted by atomic mass is 32.1. The van der Waals surface area contributed by atoms with Crippen LogP contribution in [0.5, 0.6) is 0 Å². The van der Waals surface area contributed by atoms with E-state index in [0.717, 1.165) is 31.3 Å². The number of nitrogens with zero attached hydrogens (tertiary/aromatic N) is 4. The summed E-state index contributed by atoms with van der Waals surface area (Å²) in [6, 6.07) is 2.02. The number of rotatable bonds is 5. The second kappa shape index (κ2) is 6.71. The molecular formula is C14H20N6S. The molecule has 21 heavy (non-hydrogen) atoms. The quantitative estimate of drug-likeness (QED) is 0.885. The maximum absolute atomic E-state index is 4.57. The van der Waals surface area contributed by atoms with Gasteiger partial charge in [-0.3, -0.25) is 0 Å². The summed E-state index contributed by atoms with van der Waals surface area (Å²) in [4.78, 5) is 15.8. The Balaban J connectivity index is 1.85. The Kier molecular flexibility index (Phi) is 4.49. The van der Waals surface area contributed by atoms with Crippen LogP contribution in [-0.2, 0) is 0 Å². The summed E-state index contributed by atoms with van der Waals surface area (Å²) < 4.78 is 0. The average molecular weight is 304 g/mol. The van der Waals surface area contributed by atoms with E-state index in [1.54, 1.807) is 11.3 Å². The zero-order chi connectivity index (χ0) is 14.5. The van der Waals surface area contributed by atoms with E-state index < -0.39 is 0 Å². The third-order valence-electron chi connectivity index (χ3n) is 3.37. The van der Waals surface area contributed by atoms with Crippen LogP contribution in [0.1, 0.15) is 26.2 Å².